The van der Waals surface area contributed by atoms with Crippen molar-refractivity contribution >= 4 is 22.5 Å². The summed E-state index contributed by atoms with van der Waals surface area (Å²) in [5, 5.41) is 4.93. The lowest BCUT2D eigenvalue weighted by Gasteiger charge is -2.28. The molecule has 4 rings (SSSR count). The highest BCUT2D eigenvalue weighted by molar-refractivity contribution is 5.88. The third-order valence-corrected chi connectivity index (χ3v) is 4.52. The maximum atomic E-state index is 5.25. The van der Waals surface area contributed by atoms with E-state index in [1.165, 1.54) is 22.3 Å². The molecule has 0 atom stereocenters. The Morgan fingerprint density at radius 3 is 2.54 bits per heavy atom. The molecule has 122 valence electrons. The van der Waals surface area contributed by atoms with Gasteiger partial charge in [0.2, 0.25) is 0 Å². The van der Waals surface area contributed by atoms with Crippen molar-refractivity contribution in [1.29, 1.82) is 0 Å². The first-order chi connectivity index (χ1) is 11.6. The van der Waals surface area contributed by atoms with Crippen molar-refractivity contribution in [2.24, 2.45) is 0 Å². The molecule has 0 bridgehead atoms. The predicted octanol–water partition coefficient (Wildman–Crippen LogP) is 3.84. The summed E-state index contributed by atoms with van der Waals surface area (Å²) in [6.45, 7) is 7.99. The van der Waals surface area contributed by atoms with Crippen LogP contribution >= 0.6 is 0 Å². The highest BCUT2D eigenvalue weighted by Crippen LogP contribution is 2.30. The molecule has 1 aliphatic rings. The zero-order chi connectivity index (χ0) is 16.7. The van der Waals surface area contributed by atoms with Crippen LogP contribution in [0.5, 0.6) is 0 Å². The highest BCUT2D eigenvalue weighted by Gasteiger charge is 2.20. The van der Waals surface area contributed by atoms with Crippen LogP contribution in [0.2, 0.25) is 0 Å². The summed E-state index contributed by atoms with van der Waals surface area (Å²) < 4.78 is 5.25. The Labute approximate surface area is 141 Å². The molecule has 3 aromatic rings. The summed E-state index contributed by atoms with van der Waals surface area (Å²) in [5.74, 6) is 0.912. The van der Waals surface area contributed by atoms with E-state index < -0.39 is 0 Å². The van der Waals surface area contributed by atoms with Gasteiger partial charge in [-0.05, 0) is 38.3 Å². The van der Waals surface area contributed by atoms with Gasteiger partial charge in [-0.3, -0.25) is 0 Å². The minimum absolute atomic E-state index is 0.557. The molecule has 1 aromatic carbocycles. The predicted molar refractivity (Wildman–Crippen MR) is 95.1 cm³/mol. The average molecular weight is 320 g/mol. The Hall–Kier alpha value is -2.69. The second-order valence-electron chi connectivity index (χ2n) is 6.45. The summed E-state index contributed by atoms with van der Waals surface area (Å²) in [7, 11) is 0. The van der Waals surface area contributed by atoms with Crippen LogP contribution in [0.4, 0.5) is 5.82 Å². The maximum Gasteiger partial charge on any atom is 0.263 e. The molecule has 5 nitrogen and oxygen atoms in total. The first-order valence-electron chi connectivity index (χ1n) is 8.21. The SMILES string of the molecule is Cc1cc(C)cc(C2=CCN(c3ncnc4onc(C)c34)CC2)c1. The molecule has 2 aromatic heterocycles. The smallest absolute Gasteiger partial charge is 0.263 e. The largest absolute Gasteiger partial charge is 0.352 e. The molecule has 0 radical (unpaired) electrons. The van der Waals surface area contributed by atoms with Crippen molar-refractivity contribution in [2.75, 3.05) is 18.0 Å². The summed E-state index contributed by atoms with van der Waals surface area (Å²) >= 11 is 0. The number of aromatic nitrogens is 3. The summed E-state index contributed by atoms with van der Waals surface area (Å²) in [6, 6.07) is 6.74. The average Bonchev–Trinajstić information content (AvgIpc) is 2.96. The minimum Gasteiger partial charge on any atom is -0.352 e. The van der Waals surface area contributed by atoms with Crippen LogP contribution in [0.1, 0.15) is 28.8 Å². The molecule has 0 unspecified atom stereocenters. The number of hydrogen-bond acceptors (Lipinski definition) is 5. The maximum absolute atomic E-state index is 5.25. The second-order valence-corrected chi connectivity index (χ2v) is 6.45. The molecule has 0 saturated carbocycles. The minimum atomic E-state index is 0.557. The number of hydrogen-bond donors (Lipinski definition) is 0. The third-order valence-electron chi connectivity index (χ3n) is 4.52. The summed E-state index contributed by atoms with van der Waals surface area (Å²) in [4.78, 5) is 10.9. The van der Waals surface area contributed by atoms with Gasteiger partial charge < -0.3 is 9.42 Å². The van der Waals surface area contributed by atoms with E-state index in [-0.39, 0.29) is 0 Å². The van der Waals surface area contributed by atoms with Crippen molar-refractivity contribution in [3.63, 3.8) is 0 Å². The second kappa shape index (κ2) is 5.74. The van der Waals surface area contributed by atoms with Crippen LogP contribution in [0, 0.1) is 20.8 Å². The molecule has 5 heteroatoms. The molecule has 24 heavy (non-hydrogen) atoms. The first kappa shape index (κ1) is 14.9. The fourth-order valence-corrected chi connectivity index (χ4v) is 3.43. The lowest BCUT2D eigenvalue weighted by Crippen LogP contribution is -2.29. The molecule has 0 aliphatic carbocycles. The Balaban J connectivity index is 1.65. The van der Waals surface area contributed by atoms with Crippen molar-refractivity contribution in [3.8, 4) is 0 Å². The molecule has 0 saturated heterocycles. The van der Waals surface area contributed by atoms with E-state index in [9.17, 15) is 0 Å². The van der Waals surface area contributed by atoms with Gasteiger partial charge in [0.25, 0.3) is 5.71 Å². The van der Waals surface area contributed by atoms with Gasteiger partial charge in [-0.25, -0.2) is 4.98 Å². The molecular weight excluding hydrogens is 300 g/mol. The van der Waals surface area contributed by atoms with Gasteiger partial charge in [0.1, 0.15) is 17.5 Å². The van der Waals surface area contributed by atoms with E-state index in [1.807, 2.05) is 6.92 Å². The summed E-state index contributed by atoms with van der Waals surface area (Å²) in [5.41, 5.74) is 6.76. The molecule has 3 heterocycles. The monoisotopic (exact) mass is 320 g/mol. The molecule has 0 spiro atoms. The van der Waals surface area contributed by atoms with Crippen molar-refractivity contribution in [3.05, 3.63) is 53.0 Å². The van der Waals surface area contributed by atoms with Gasteiger partial charge in [0, 0.05) is 13.1 Å². The van der Waals surface area contributed by atoms with Gasteiger partial charge in [-0.2, -0.15) is 4.98 Å². The van der Waals surface area contributed by atoms with Gasteiger partial charge in [0.15, 0.2) is 0 Å². The van der Waals surface area contributed by atoms with E-state index in [4.69, 9.17) is 4.52 Å². The first-order valence-corrected chi connectivity index (χ1v) is 8.21. The normalized spacial score (nSPS) is 15.0. The zero-order valence-corrected chi connectivity index (χ0v) is 14.2. The van der Waals surface area contributed by atoms with Gasteiger partial charge in [0.05, 0.1) is 5.69 Å². The van der Waals surface area contributed by atoms with E-state index in [0.29, 0.717) is 5.71 Å². The molecule has 1 aliphatic heterocycles. The van der Waals surface area contributed by atoms with E-state index >= 15 is 0 Å². The molecule has 0 fully saturated rings. The number of rotatable bonds is 2. The highest BCUT2D eigenvalue weighted by atomic mass is 16.5. The Kier molecular flexibility index (Phi) is 3.56. The quantitative estimate of drug-likeness (QED) is 0.718. The number of fused-ring (bicyclic) bond motifs is 1. The molecule has 0 N–H and O–H groups in total. The van der Waals surface area contributed by atoms with Crippen LogP contribution in [-0.4, -0.2) is 28.2 Å². The van der Waals surface area contributed by atoms with Crippen LogP contribution in [0.3, 0.4) is 0 Å². The lowest BCUT2D eigenvalue weighted by atomic mass is 9.96. The van der Waals surface area contributed by atoms with E-state index in [2.05, 4.69) is 58.1 Å². The Bertz CT molecular complexity index is 921. The van der Waals surface area contributed by atoms with Crippen LogP contribution in [-0.2, 0) is 0 Å². The van der Waals surface area contributed by atoms with E-state index in [1.54, 1.807) is 6.33 Å². The molecule has 0 amide bonds. The van der Waals surface area contributed by atoms with E-state index in [0.717, 1.165) is 36.4 Å². The van der Waals surface area contributed by atoms with Crippen LogP contribution in [0.25, 0.3) is 16.7 Å². The fourth-order valence-electron chi connectivity index (χ4n) is 3.43. The topological polar surface area (TPSA) is 55.1 Å². The van der Waals surface area contributed by atoms with Crippen LogP contribution in [0.15, 0.2) is 35.1 Å². The number of benzene rings is 1. The third kappa shape index (κ3) is 2.56. The lowest BCUT2D eigenvalue weighted by molar-refractivity contribution is 0.442. The Morgan fingerprint density at radius 2 is 1.83 bits per heavy atom. The number of anilines is 1. The van der Waals surface area contributed by atoms with Crippen molar-refractivity contribution < 1.29 is 4.52 Å². The van der Waals surface area contributed by atoms with Crippen molar-refractivity contribution in [2.45, 2.75) is 27.2 Å². The van der Waals surface area contributed by atoms with Gasteiger partial charge >= 0.3 is 0 Å². The Morgan fingerprint density at radius 1 is 1.04 bits per heavy atom. The molecular formula is C19H20N4O. The van der Waals surface area contributed by atoms with Gasteiger partial charge in [-0.1, -0.05) is 40.6 Å². The standard InChI is InChI=1S/C19H20N4O/c1-12-8-13(2)10-16(9-12)15-4-6-23(7-5-15)18-17-14(3)22-24-19(17)21-11-20-18/h4,8-11H,5-7H2,1-3H3. The fraction of sp³-hybridized carbons (Fsp3) is 0.316. The van der Waals surface area contributed by atoms with Crippen LogP contribution < -0.4 is 4.90 Å². The zero-order valence-electron chi connectivity index (χ0n) is 14.2. The number of aryl methyl sites for hydroxylation is 3. The summed E-state index contributed by atoms with van der Waals surface area (Å²) in [6.07, 6.45) is 4.85. The van der Waals surface area contributed by atoms with Crippen molar-refractivity contribution in [1.82, 2.24) is 15.1 Å². The number of nitrogens with zero attached hydrogens (tertiary/aromatic N) is 4. The van der Waals surface area contributed by atoms with Gasteiger partial charge in [-0.15, -0.1) is 0 Å².